The van der Waals surface area contributed by atoms with Gasteiger partial charge in [-0.3, -0.25) is 4.79 Å². The van der Waals surface area contributed by atoms with Gasteiger partial charge in [-0.05, 0) is 42.8 Å². The van der Waals surface area contributed by atoms with Crippen molar-refractivity contribution in [3.05, 3.63) is 53.3 Å². The van der Waals surface area contributed by atoms with Crippen LogP contribution in [-0.2, 0) is 9.53 Å². The van der Waals surface area contributed by atoms with Gasteiger partial charge in [0.2, 0.25) is 0 Å². The minimum atomic E-state index is -0.665. The molecule has 6 nitrogen and oxygen atoms in total. The van der Waals surface area contributed by atoms with E-state index < -0.39 is 24.3 Å². The molecule has 7 heteroatoms. The summed E-state index contributed by atoms with van der Waals surface area (Å²) in [4.78, 5) is 23.8. The summed E-state index contributed by atoms with van der Waals surface area (Å²) in [5, 5.41) is 2.47. The van der Waals surface area contributed by atoms with Crippen LogP contribution in [0.4, 0.5) is 10.1 Å². The van der Waals surface area contributed by atoms with Gasteiger partial charge in [0.1, 0.15) is 19.0 Å². The van der Waals surface area contributed by atoms with Crippen molar-refractivity contribution in [2.24, 2.45) is 0 Å². The van der Waals surface area contributed by atoms with Crippen LogP contribution in [0.5, 0.6) is 11.5 Å². The Morgan fingerprint density at radius 1 is 1.12 bits per heavy atom. The third-order valence-corrected chi connectivity index (χ3v) is 3.57. The van der Waals surface area contributed by atoms with Gasteiger partial charge in [0, 0.05) is 5.69 Å². The summed E-state index contributed by atoms with van der Waals surface area (Å²) in [5.74, 6) is -0.635. The predicted octanol–water partition coefficient (Wildman–Crippen LogP) is 2.70. The quantitative estimate of drug-likeness (QED) is 0.863. The maximum absolute atomic E-state index is 13.4. The molecule has 0 bridgehead atoms. The molecule has 0 unspecified atom stereocenters. The number of nitrogens with one attached hydrogen (secondary N) is 1. The number of anilines is 1. The van der Waals surface area contributed by atoms with Crippen LogP contribution in [0, 0.1) is 12.7 Å². The van der Waals surface area contributed by atoms with Crippen LogP contribution < -0.4 is 14.8 Å². The van der Waals surface area contributed by atoms with Crippen molar-refractivity contribution in [3.63, 3.8) is 0 Å². The molecule has 1 aliphatic rings. The first-order valence-corrected chi connectivity index (χ1v) is 7.66. The molecule has 0 atom stereocenters. The average molecular weight is 345 g/mol. The second-order valence-electron chi connectivity index (χ2n) is 5.45. The lowest BCUT2D eigenvalue weighted by Crippen LogP contribution is -2.21. The highest BCUT2D eigenvalue weighted by Gasteiger charge is 2.16. The van der Waals surface area contributed by atoms with Crippen molar-refractivity contribution >= 4 is 17.6 Å². The topological polar surface area (TPSA) is 73.9 Å². The third kappa shape index (κ3) is 4.06. The number of esters is 1. The second kappa shape index (κ2) is 7.21. The first-order chi connectivity index (χ1) is 12.0. The van der Waals surface area contributed by atoms with Crippen molar-refractivity contribution in [1.82, 2.24) is 0 Å². The molecule has 0 spiro atoms. The fraction of sp³-hybridized carbons (Fsp3) is 0.222. The van der Waals surface area contributed by atoms with Crippen molar-refractivity contribution in [2.45, 2.75) is 6.92 Å². The van der Waals surface area contributed by atoms with Gasteiger partial charge < -0.3 is 19.5 Å². The molecule has 0 saturated carbocycles. The lowest BCUT2D eigenvalue weighted by Gasteiger charge is -2.18. The lowest BCUT2D eigenvalue weighted by atomic mass is 10.2. The Hall–Kier alpha value is -3.09. The number of ether oxygens (including phenoxy) is 3. The van der Waals surface area contributed by atoms with E-state index in [1.807, 2.05) is 0 Å². The molecule has 1 aliphatic heterocycles. The minimum Gasteiger partial charge on any atom is -0.486 e. The van der Waals surface area contributed by atoms with Gasteiger partial charge in [-0.1, -0.05) is 6.07 Å². The number of fused-ring (bicyclic) bond motifs is 1. The molecule has 0 aliphatic carbocycles. The molecule has 0 saturated heterocycles. The molecule has 1 amide bonds. The van der Waals surface area contributed by atoms with Crippen molar-refractivity contribution in [2.75, 3.05) is 25.1 Å². The summed E-state index contributed by atoms with van der Waals surface area (Å²) in [5.41, 5.74) is 1.02. The summed E-state index contributed by atoms with van der Waals surface area (Å²) in [6, 6.07) is 8.97. The van der Waals surface area contributed by atoms with E-state index >= 15 is 0 Å². The van der Waals surface area contributed by atoms with Gasteiger partial charge in [0.05, 0.1) is 5.56 Å². The van der Waals surface area contributed by atoms with E-state index in [1.165, 1.54) is 18.2 Å². The van der Waals surface area contributed by atoms with Crippen molar-refractivity contribution in [1.29, 1.82) is 0 Å². The van der Waals surface area contributed by atoms with E-state index in [9.17, 15) is 14.0 Å². The van der Waals surface area contributed by atoms with E-state index in [1.54, 1.807) is 25.1 Å². The summed E-state index contributed by atoms with van der Waals surface area (Å²) in [7, 11) is 0. The largest absolute Gasteiger partial charge is 0.486 e. The zero-order valence-corrected chi connectivity index (χ0v) is 13.5. The average Bonchev–Trinajstić information content (AvgIpc) is 2.62. The Morgan fingerprint density at radius 2 is 1.88 bits per heavy atom. The number of hydrogen-bond donors (Lipinski definition) is 1. The summed E-state index contributed by atoms with van der Waals surface area (Å²) in [6.45, 7) is 2.00. The third-order valence-electron chi connectivity index (χ3n) is 3.57. The highest BCUT2D eigenvalue weighted by Crippen LogP contribution is 2.30. The molecule has 130 valence electrons. The molecule has 25 heavy (non-hydrogen) atoms. The first-order valence-electron chi connectivity index (χ1n) is 7.66. The maximum Gasteiger partial charge on any atom is 0.338 e. The van der Waals surface area contributed by atoms with E-state index in [0.717, 1.165) is 0 Å². The fourth-order valence-corrected chi connectivity index (χ4v) is 2.25. The summed E-state index contributed by atoms with van der Waals surface area (Å²) >= 11 is 0. The molecule has 0 aromatic heterocycles. The molecule has 2 aromatic carbocycles. The van der Waals surface area contributed by atoms with E-state index in [4.69, 9.17) is 14.2 Å². The molecule has 2 aromatic rings. The normalized spacial score (nSPS) is 12.4. The Morgan fingerprint density at radius 3 is 2.64 bits per heavy atom. The van der Waals surface area contributed by atoms with Crippen LogP contribution in [0.2, 0.25) is 0 Å². The molecule has 1 heterocycles. The number of carbonyl (C=O) groups is 2. The summed E-state index contributed by atoms with van der Waals surface area (Å²) in [6.07, 6.45) is 0. The molecule has 1 N–H and O–H groups in total. The van der Waals surface area contributed by atoms with Crippen LogP contribution in [0.25, 0.3) is 0 Å². The molecular formula is C18H16FNO5. The van der Waals surface area contributed by atoms with Crippen LogP contribution in [0.15, 0.2) is 36.4 Å². The number of amides is 1. The molecule has 0 fully saturated rings. The number of benzene rings is 2. The van der Waals surface area contributed by atoms with Gasteiger partial charge in [0.25, 0.3) is 5.91 Å². The van der Waals surface area contributed by atoms with Crippen molar-refractivity contribution < 1.29 is 28.2 Å². The van der Waals surface area contributed by atoms with Crippen LogP contribution >= 0.6 is 0 Å². The highest BCUT2D eigenvalue weighted by atomic mass is 19.1. The smallest absolute Gasteiger partial charge is 0.338 e. The van der Waals surface area contributed by atoms with Gasteiger partial charge >= 0.3 is 5.97 Å². The van der Waals surface area contributed by atoms with Gasteiger partial charge in [-0.2, -0.15) is 0 Å². The Labute approximate surface area is 143 Å². The minimum absolute atomic E-state index is 0.249. The predicted molar refractivity (Wildman–Crippen MR) is 87.5 cm³/mol. The number of carbonyl (C=O) groups excluding carboxylic acids is 2. The highest BCUT2D eigenvalue weighted by molar-refractivity contribution is 5.95. The van der Waals surface area contributed by atoms with Gasteiger partial charge in [0.15, 0.2) is 18.1 Å². The Bertz CT molecular complexity index is 821. The number of hydrogen-bond acceptors (Lipinski definition) is 5. The monoisotopic (exact) mass is 345 g/mol. The number of halogens is 1. The van der Waals surface area contributed by atoms with Gasteiger partial charge in [-0.25, -0.2) is 9.18 Å². The van der Waals surface area contributed by atoms with Gasteiger partial charge in [-0.15, -0.1) is 0 Å². The zero-order chi connectivity index (χ0) is 17.8. The fourth-order valence-electron chi connectivity index (χ4n) is 2.25. The summed E-state index contributed by atoms with van der Waals surface area (Å²) < 4.78 is 29.2. The van der Waals surface area contributed by atoms with Crippen LogP contribution in [-0.4, -0.2) is 31.7 Å². The standard InChI is InChI=1S/C18H16FNO5/c1-11-2-4-13(9-14(11)19)20-17(21)10-25-18(22)12-3-5-15-16(8-12)24-7-6-23-15/h2-5,8-9H,6-7,10H2,1H3,(H,20,21). The van der Waals surface area contributed by atoms with E-state index in [0.29, 0.717) is 36.0 Å². The SMILES string of the molecule is Cc1ccc(NC(=O)COC(=O)c2ccc3c(c2)OCCO3)cc1F. The number of rotatable bonds is 4. The van der Waals surface area contributed by atoms with Crippen LogP contribution in [0.3, 0.4) is 0 Å². The molecule has 3 rings (SSSR count). The Balaban J connectivity index is 1.56. The zero-order valence-electron chi connectivity index (χ0n) is 13.5. The number of aryl methyl sites for hydroxylation is 1. The maximum atomic E-state index is 13.4. The molecular weight excluding hydrogens is 329 g/mol. The van der Waals surface area contributed by atoms with E-state index in [2.05, 4.69) is 5.32 Å². The first kappa shape index (κ1) is 16.8. The van der Waals surface area contributed by atoms with Crippen LogP contribution in [0.1, 0.15) is 15.9 Å². The lowest BCUT2D eigenvalue weighted by molar-refractivity contribution is -0.119. The van der Waals surface area contributed by atoms with Crippen molar-refractivity contribution in [3.8, 4) is 11.5 Å². The second-order valence-corrected chi connectivity index (χ2v) is 5.45. The Kier molecular flexibility index (Phi) is 4.83. The van der Waals surface area contributed by atoms with E-state index in [-0.39, 0.29) is 5.56 Å². The molecule has 0 radical (unpaired) electrons.